The van der Waals surface area contributed by atoms with Crippen LogP contribution in [0.15, 0.2) is 12.2 Å². The molecule has 2 heterocycles. The highest BCUT2D eigenvalue weighted by molar-refractivity contribution is 5.76. The van der Waals surface area contributed by atoms with Gasteiger partial charge in [0, 0.05) is 6.42 Å². The zero-order valence-corrected chi connectivity index (χ0v) is 41.5. The monoisotopic (exact) mass is 946 g/mol. The van der Waals surface area contributed by atoms with E-state index in [1.165, 1.54) is 154 Å². The maximum Gasteiger partial charge on any atom is 0.220 e. The Hall–Kier alpha value is -1.27. The number of hydrogen-bond donors (Lipinski definition) is 9. The second kappa shape index (κ2) is 39.5. The minimum Gasteiger partial charge on any atom is -0.394 e. The van der Waals surface area contributed by atoms with Crippen LogP contribution in [0.25, 0.3) is 0 Å². The van der Waals surface area contributed by atoms with E-state index in [4.69, 9.17) is 18.9 Å². The summed E-state index contributed by atoms with van der Waals surface area (Å²) in [6.07, 6.45) is 25.3. The maximum absolute atomic E-state index is 13.2. The Morgan fingerprint density at radius 2 is 0.939 bits per heavy atom. The van der Waals surface area contributed by atoms with E-state index in [2.05, 4.69) is 19.2 Å². The number of unbranched alkanes of at least 4 members (excludes halogenated alkanes) is 29. The van der Waals surface area contributed by atoms with Gasteiger partial charge in [-0.05, 0) is 19.3 Å². The van der Waals surface area contributed by atoms with Gasteiger partial charge >= 0.3 is 0 Å². The van der Waals surface area contributed by atoms with Crippen LogP contribution in [0.5, 0.6) is 0 Å². The van der Waals surface area contributed by atoms with Gasteiger partial charge in [-0.2, -0.15) is 0 Å². The minimum absolute atomic E-state index is 0.237. The summed E-state index contributed by atoms with van der Waals surface area (Å²) < 4.78 is 22.7. The Morgan fingerprint density at radius 1 is 0.530 bits per heavy atom. The van der Waals surface area contributed by atoms with Gasteiger partial charge in [-0.3, -0.25) is 4.79 Å². The van der Waals surface area contributed by atoms with Crippen molar-refractivity contribution in [3.05, 3.63) is 12.2 Å². The summed E-state index contributed by atoms with van der Waals surface area (Å²) in [5.41, 5.74) is 0. The molecule has 0 aromatic rings. The second-order valence-electron chi connectivity index (χ2n) is 19.4. The summed E-state index contributed by atoms with van der Waals surface area (Å²) in [5.74, 6) is -0.237. The molecule has 0 radical (unpaired) electrons. The lowest BCUT2D eigenvalue weighted by atomic mass is 9.97. The molecule has 0 bridgehead atoms. The second-order valence-corrected chi connectivity index (χ2v) is 19.4. The van der Waals surface area contributed by atoms with Crippen LogP contribution >= 0.6 is 0 Å². The highest BCUT2D eigenvalue weighted by Gasteiger charge is 2.51. The number of ether oxygens (including phenoxy) is 4. The van der Waals surface area contributed by atoms with Crippen molar-refractivity contribution >= 4 is 5.91 Å². The van der Waals surface area contributed by atoms with Crippen molar-refractivity contribution in [1.29, 1.82) is 0 Å². The number of carbonyl (C=O) groups excluding carboxylic acids is 1. The maximum atomic E-state index is 13.2. The molecule has 66 heavy (non-hydrogen) atoms. The number of carbonyl (C=O) groups is 1. The van der Waals surface area contributed by atoms with Crippen LogP contribution in [0.1, 0.15) is 219 Å². The number of rotatable bonds is 42. The first-order valence-corrected chi connectivity index (χ1v) is 26.9. The van der Waals surface area contributed by atoms with Crippen LogP contribution < -0.4 is 5.32 Å². The zero-order valence-electron chi connectivity index (χ0n) is 41.5. The van der Waals surface area contributed by atoms with E-state index >= 15 is 0 Å². The lowest BCUT2D eigenvalue weighted by Crippen LogP contribution is -2.65. The van der Waals surface area contributed by atoms with Gasteiger partial charge in [-0.15, -0.1) is 0 Å². The van der Waals surface area contributed by atoms with Gasteiger partial charge < -0.3 is 65.1 Å². The third-order valence-corrected chi connectivity index (χ3v) is 13.5. The molecule has 0 spiro atoms. The van der Waals surface area contributed by atoms with Crippen molar-refractivity contribution in [2.75, 3.05) is 19.8 Å². The molecule has 0 aliphatic carbocycles. The number of allylic oxidation sites excluding steroid dienone is 1. The molecule has 2 aliphatic rings. The Morgan fingerprint density at radius 3 is 1.39 bits per heavy atom. The summed E-state index contributed by atoms with van der Waals surface area (Å²) in [4.78, 5) is 13.2. The molecule has 12 unspecified atom stereocenters. The average Bonchev–Trinajstić information content (AvgIpc) is 3.31. The quantitative estimate of drug-likeness (QED) is 0.0213. The van der Waals surface area contributed by atoms with Crippen LogP contribution in [0.4, 0.5) is 0 Å². The minimum atomic E-state index is -1.78. The standard InChI is InChI=1S/C52H99NO13/c1-3-5-7-9-11-13-15-17-19-20-21-22-23-25-27-29-31-33-35-41(56)40(53-44(57)36-34-32-30-28-26-24-18-16-14-12-10-8-6-4-2)39-63-51-49(62)47(60)50(43(38-55)65-51)66-52-48(61)46(59)45(58)42(37-54)64-52/h33,35,40-43,45-52,54-56,58-62H,3-32,34,36-39H2,1-2H3,(H,53,57)/b35-33+. The first kappa shape index (κ1) is 60.9. The van der Waals surface area contributed by atoms with Gasteiger partial charge in [0.25, 0.3) is 0 Å². The largest absolute Gasteiger partial charge is 0.394 e. The first-order valence-electron chi connectivity index (χ1n) is 26.9. The molecule has 14 heteroatoms. The van der Waals surface area contributed by atoms with Crippen molar-refractivity contribution in [2.24, 2.45) is 0 Å². The van der Waals surface area contributed by atoms with Crippen LogP contribution in [-0.2, 0) is 23.7 Å². The number of hydrogen-bond acceptors (Lipinski definition) is 13. The molecular formula is C52H99NO13. The van der Waals surface area contributed by atoms with Crippen LogP contribution in [0, 0.1) is 0 Å². The van der Waals surface area contributed by atoms with Crippen LogP contribution in [-0.4, -0.2) is 140 Å². The summed E-state index contributed by atoms with van der Waals surface area (Å²) in [6, 6.07) is -0.908. The van der Waals surface area contributed by atoms with Gasteiger partial charge in [0.15, 0.2) is 12.6 Å². The van der Waals surface area contributed by atoms with Crippen molar-refractivity contribution in [3.63, 3.8) is 0 Å². The number of amides is 1. The molecule has 2 aliphatic heterocycles. The highest BCUT2D eigenvalue weighted by Crippen LogP contribution is 2.30. The van der Waals surface area contributed by atoms with Crippen LogP contribution in [0.2, 0.25) is 0 Å². The third-order valence-electron chi connectivity index (χ3n) is 13.5. The van der Waals surface area contributed by atoms with Crippen LogP contribution in [0.3, 0.4) is 0 Å². The van der Waals surface area contributed by atoms with Crippen molar-refractivity contribution in [2.45, 2.75) is 293 Å². The van der Waals surface area contributed by atoms with Gasteiger partial charge in [0.1, 0.15) is 48.8 Å². The predicted octanol–water partition coefficient (Wildman–Crippen LogP) is 7.55. The Balaban J connectivity index is 1.83. The number of nitrogens with one attached hydrogen (secondary N) is 1. The predicted molar refractivity (Wildman–Crippen MR) is 259 cm³/mol. The number of aliphatic hydroxyl groups excluding tert-OH is 8. The molecule has 1 amide bonds. The summed E-state index contributed by atoms with van der Waals surface area (Å²) >= 11 is 0. The number of aliphatic hydroxyl groups is 8. The molecular weight excluding hydrogens is 847 g/mol. The lowest BCUT2D eigenvalue weighted by Gasteiger charge is -2.46. The molecule has 390 valence electrons. The average molecular weight is 946 g/mol. The van der Waals surface area contributed by atoms with Gasteiger partial charge in [0.05, 0.1) is 32.0 Å². The molecule has 0 aromatic carbocycles. The van der Waals surface area contributed by atoms with E-state index in [1.807, 2.05) is 6.08 Å². The van der Waals surface area contributed by atoms with E-state index in [9.17, 15) is 45.6 Å². The summed E-state index contributed by atoms with van der Waals surface area (Å²) in [6.45, 7) is 2.80. The molecule has 0 aromatic heterocycles. The Bertz CT molecular complexity index is 1160. The molecule has 14 nitrogen and oxygen atoms in total. The fourth-order valence-electron chi connectivity index (χ4n) is 9.06. The molecule has 2 rings (SSSR count). The van der Waals surface area contributed by atoms with Crippen molar-refractivity contribution in [1.82, 2.24) is 5.32 Å². The Labute approximate surface area is 399 Å². The first-order chi connectivity index (χ1) is 32.1. The molecule has 9 N–H and O–H groups in total. The summed E-state index contributed by atoms with van der Waals surface area (Å²) in [7, 11) is 0. The molecule has 2 saturated heterocycles. The normalized spacial score (nSPS) is 26.8. The van der Waals surface area contributed by atoms with Crippen molar-refractivity contribution < 1.29 is 64.6 Å². The van der Waals surface area contributed by atoms with Gasteiger partial charge in [-0.25, -0.2) is 0 Å². The zero-order chi connectivity index (χ0) is 48.2. The Kier molecular flexibility index (Phi) is 36.4. The van der Waals surface area contributed by atoms with Gasteiger partial charge in [-0.1, -0.05) is 206 Å². The molecule has 0 saturated carbocycles. The van der Waals surface area contributed by atoms with E-state index in [0.717, 1.165) is 38.5 Å². The van der Waals surface area contributed by atoms with E-state index < -0.39 is 86.8 Å². The topological polar surface area (TPSA) is 228 Å². The highest BCUT2D eigenvalue weighted by atomic mass is 16.7. The molecule has 2 fully saturated rings. The fourth-order valence-corrected chi connectivity index (χ4v) is 9.06. The fraction of sp³-hybridized carbons (Fsp3) is 0.942. The smallest absolute Gasteiger partial charge is 0.220 e. The SMILES string of the molecule is CCCCCCCCCCCCCCCCCC/C=C/C(O)C(COC1OC(CO)C(OC2OC(CO)C(O)C(O)C2O)C(O)C1O)NC(=O)CCCCCCCCCCCCCCCC. The lowest BCUT2D eigenvalue weighted by molar-refractivity contribution is -0.359. The van der Waals surface area contributed by atoms with E-state index in [-0.39, 0.29) is 18.9 Å². The van der Waals surface area contributed by atoms with Crippen molar-refractivity contribution in [3.8, 4) is 0 Å². The third kappa shape index (κ3) is 26.1. The molecule has 12 atom stereocenters. The van der Waals surface area contributed by atoms with E-state index in [0.29, 0.717) is 6.42 Å². The van der Waals surface area contributed by atoms with E-state index in [1.54, 1.807) is 6.08 Å². The summed E-state index contributed by atoms with van der Waals surface area (Å²) in [5, 5.41) is 86.8. The van der Waals surface area contributed by atoms with Gasteiger partial charge in [0.2, 0.25) is 5.91 Å².